The van der Waals surface area contributed by atoms with Crippen molar-refractivity contribution in [3.8, 4) is 0 Å². The molecule has 0 fully saturated rings. The molecule has 0 bridgehead atoms. The van der Waals surface area contributed by atoms with E-state index in [9.17, 15) is 0 Å². The van der Waals surface area contributed by atoms with Gasteiger partial charge in [0.2, 0.25) is 0 Å². The lowest BCUT2D eigenvalue weighted by Crippen LogP contribution is -2.36. The number of nitrogens with one attached hydrogen (secondary N) is 1. The highest BCUT2D eigenvalue weighted by molar-refractivity contribution is 7.09. The van der Waals surface area contributed by atoms with Crippen LogP contribution in [0.4, 0.5) is 0 Å². The summed E-state index contributed by atoms with van der Waals surface area (Å²) in [7, 11) is 0. The molecule has 1 heterocycles. The zero-order chi connectivity index (χ0) is 12.6. The van der Waals surface area contributed by atoms with E-state index < -0.39 is 0 Å². The van der Waals surface area contributed by atoms with Crippen molar-refractivity contribution in [2.45, 2.75) is 31.7 Å². The molecule has 0 aliphatic rings. The van der Waals surface area contributed by atoms with Crippen LogP contribution in [0.15, 0.2) is 47.8 Å². The second kappa shape index (κ2) is 7.31. The van der Waals surface area contributed by atoms with E-state index >= 15 is 0 Å². The van der Waals surface area contributed by atoms with Crippen LogP contribution >= 0.6 is 11.3 Å². The minimum atomic E-state index is 0.368. The Hall–Kier alpha value is -1.16. The molecule has 2 rings (SSSR count). The summed E-state index contributed by atoms with van der Waals surface area (Å²) < 4.78 is 0. The third-order valence-corrected chi connectivity index (χ3v) is 4.05. The van der Waals surface area contributed by atoms with Gasteiger partial charge in [-0.25, -0.2) is 0 Å². The van der Waals surface area contributed by atoms with Gasteiger partial charge in [0.25, 0.3) is 0 Å². The van der Waals surface area contributed by atoms with Gasteiger partial charge in [0.15, 0.2) is 0 Å². The Bertz CT molecular complexity index is 425. The number of aryl methyl sites for hydroxylation is 1. The van der Waals surface area contributed by atoms with E-state index in [0.29, 0.717) is 6.04 Å². The third-order valence-electron chi connectivity index (χ3n) is 3.12. The molecule has 0 aliphatic carbocycles. The van der Waals surface area contributed by atoms with Gasteiger partial charge in [-0.15, -0.1) is 11.3 Å². The third kappa shape index (κ3) is 4.26. The van der Waals surface area contributed by atoms with Gasteiger partial charge in [0.1, 0.15) is 0 Å². The Balaban J connectivity index is 1.75. The Morgan fingerprint density at radius 1 is 1.11 bits per heavy atom. The van der Waals surface area contributed by atoms with Crippen LogP contribution < -0.4 is 11.3 Å². The lowest BCUT2D eigenvalue weighted by atomic mass is 10.0. The van der Waals surface area contributed by atoms with Crippen molar-refractivity contribution in [1.82, 2.24) is 5.43 Å². The van der Waals surface area contributed by atoms with Crippen LogP contribution in [-0.2, 0) is 12.8 Å². The summed E-state index contributed by atoms with van der Waals surface area (Å²) in [6.45, 7) is 0. The summed E-state index contributed by atoms with van der Waals surface area (Å²) in [5, 5.41) is 2.14. The van der Waals surface area contributed by atoms with Crippen molar-refractivity contribution in [3.63, 3.8) is 0 Å². The van der Waals surface area contributed by atoms with E-state index in [4.69, 9.17) is 5.84 Å². The largest absolute Gasteiger partial charge is 0.271 e. The van der Waals surface area contributed by atoms with Crippen molar-refractivity contribution in [2.24, 2.45) is 5.84 Å². The average Bonchev–Trinajstić information content (AvgIpc) is 2.92. The predicted octanol–water partition coefficient (Wildman–Crippen LogP) is 3.15. The lowest BCUT2D eigenvalue weighted by molar-refractivity contribution is 0.477. The highest BCUT2D eigenvalue weighted by Gasteiger charge is 2.07. The van der Waals surface area contributed by atoms with Crippen molar-refractivity contribution < 1.29 is 0 Å². The van der Waals surface area contributed by atoms with Crippen molar-refractivity contribution >= 4 is 11.3 Å². The van der Waals surface area contributed by atoms with Crippen molar-refractivity contribution in [1.29, 1.82) is 0 Å². The summed E-state index contributed by atoms with van der Waals surface area (Å²) in [5.74, 6) is 5.63. The smallest absolute Gasteiger partial charge is 0.0251 e. The monoisotopic (exact) mass is 260 g/mol. The summed E-state index contributed by atoms with van der Waals surface area (Å²) in [5.41, 5.74) is 4.28. The first-order chi connectivity index (χ1) is 8.88. The topological polar surface area (TPSA) is 38.0 Å². The van der Waals surface area contributed by atoms with Crippen molar-refractivity contribution in [3.05, 3.63) is 58.3 Å². The molecule has 96 valence electrons. The van der Waals surface area contributed by atoms with Crippen LogP contribution in [0, 0.1) is 0 Å². The first-order valence-electron chi connectivity index (χ1n) is 6.41. The van der Waals surface area contributed by atoms with E-state index in [1.54, 1.807) is 0 Å². The fraction of sp³-hybridized carbons (Fsp3) is 0.333. The Morgan fingerprint density at radius 3 is 2.61 bits per heavy atom. The predicted molar refractivity (Wildman–Crippen MR) is 78.5 cm³/mol. The van der Waals surface area contributed by atoms with E-state index in [2.05, 4.69) is 47.2 Å². The molecule has 3 N–H and O–H groups in total. The van der Waals surface area contributed by atoms with E-state index in [1.807, 2.05) is 17.4 Å². The molecule has 0 spiro atoms. The Kier molecular flexibility index (Phi) is 5.39. The van der Waals surface area contributed by atoms with Crippen LogP contribution in [0.1, 0.15) is 23.3 Å². The second-order valence-electron chi connectivity index (χ2n) is 4.52. The minimum absolute atomic E-state index is 0.368. The molecule has 0 aliphatic heterocycles. The average molecular weight is 260 g/mol. The standard InChI is InChI=1S/C15H20N2S/c16-17-14(12-13-6-2-1-3-7-13)8-4-9-15-10-5-11-18-15/h1-3,5-7,10-11,14,17H,4,8-9,12,16H2. The van der Waals surface area contributed by atoms with Crippen molar-refractivity contribution in [2.75, 3.05) is 0 Å². The molecule has 1 atom stereocenters. The Labute approximate surface area is 113 Å². The maximum Gasteiger partial charge on any atom is 0.0251 e. The molecule has 2 nitrogen and oxygen atoms in total. The number of rotatable bonds is 7. The number of benzene rings is 1. The molecule has 1 unspecified atom stereocenters. The first-order valence-corrected chi connectivity index (χ1v) is 7.29. The number of hydrogen-bond acceptors (Lipinski definition) is 3. The van der Waals surface area contributed by atoms with Gasteiger partial charge in [0, 0.05) is 10.9 Å². The van der Waals surface area contributed by atoms with Gasteiger partial charge in [-0.1, -0.05) is 36.4 Å². The van der Waals surface area contributed by atoms with Gasteiger partial charge < -0.3 is 0 Å². The fourth-order valence-corrected chi connectivity index (χ4v) is 2.87. The summed E-state index contributed by atoms with van der Waals surface area (Å²) in [4.78, 5) is 1.46. The van der Waals surface area contributed by atoms with E-state index in [1.165, 1.54) is 16.9 Å². The molecule has 0 saturated heterocycles. The maximum absolute atomic E-state index is 5.63. The molecule has 0 amide bonds. The van der Waals surface area contributed by atoms with Crippen LogP contribution in [0.25, 0.3) is 0 Å². The fourth-order valence-electron chi connectivity index (χ4n) is 2.12. The molecule has 18 heavy (non-hydrogen) atoms. The zero-order valence-corrected chi connectivity index (χ0v) is 11.3. The van der Waals surface area contributed by atoms with Crippen LogP contribution in [0.2, 0.25) is 0 Å². The maximum atomic E-state index is 5.63. The highest BCUT2D eigenvalue weighted by Crippen LogP contribution is 2.14. The molecule has 1 aromatic carbocycles. The Morgan fingerprint density at radius 2 is 1.94 bits per heavy atom. The van der Waals surface area contributed by atoms with Gasteiger partial charge >= 0.3 is 0 Å². The molecule has 1 aromatic heterocycles. The number of hydrogen-bond donors (Lipinski definition) is 2. The number of nitrogens with two attached hydrogens (primary N) is 1. The molecule has 3 heteroatoms. The van der Waals surface area contributed by atoms with Gasteiger partial charge in [-0.05, 0) is 42.7 Å². The van der Waals surface area contributed by atoms with Gasteiger partial charge in [0.05, 0.1) is 0 Å². The molecular formula is C15H20N2S. The summed E-state index contributed by atoms with van der Waals surface area (Å²) in [6.07, 6.45) is 4.46. The lowest BCUT2D eigenvalue weighted by Gasteiger charge is -2.15. The zero-order valence-electron chi connectivity index (χ0n) is 10.5. The molecule has 0 saturated carbocycles. The SMILES string of the molecule is NNC(CCCc1cccs1)Cc1ccccc1. The summed E-state index contributed by atoms with van der Waals surface area (Å²) in [6, 6.07) is 15.2. The molecule has 0 radical (unpaired) electrons. The van der Waals surface area contributed by atoms with E-state index in [-0.39, 0.29) is 0 Å². The minimum Gasteiger partial charge on any atom is -0.271 e. The molecular weight excluding hydrogens is 240 g/mol. The number of hydrazine groups is 1. The quantitative estimate of drug-likeness (QED) is 0.593. The number of thiophene rings is 1. The highest BCUT2D eigenvalue weighted by atomic mass is 32.1. The summed E-state index contributed by atoms with van der Waals surface area (Å²) >= 11 is 1.83. The van der Waals surface area contributed by atoms with Crippen LogP contribution in [0.3, 0.4) is 0 Å². The second-order valence-corrected chi connectivity index (χ2v) is 5.56. The van der Waals surface area contributed by atoms with Gasteiger partial charge in [-0.3, -0.25) is 11.3 Å². The first kappa shape index (κ1) is 13.3. The van der Waals surface area contributed by atoms with E-state index in [0.717, 1.165) is 19.3 Å². The normalized spacial score (nSPS) is 12.5. The van der Waals surface area contributed by atoms with Crippen LogP contribution in [0.5, 0.6) is 0 Å². The van der Waals surface area contributed by atoms with Crippen LogP contribution in [-0.4, -0.2) is 6.04 Å². The molecule has 2 aromatic rings. The van der Waals surface area contributed by atoms with Gasteiger partial charge in [-0.2, -0.15) is 0 Å².